The molecule has 0 unspecified atom stereocenters. The highest BCUT2D eigenvalue weighted by Gasteiger charge is 2.33. The predicted molar refractivity (Wildman–Crippen MR) is 55.6 cm³/mol. The zero-order valence-corrected chi connectivity index (χ0v) is 9.84. The highest BCUT2D eigenvalue weighted by molar-refractivity contribution is 5.87. The Morgan fingerprint density at radius 3 is 2.72 bits per heavy atom. The van der Waals surface area contributed by atoms with Gasteiger partial charge in [-0.25, -0.2) is 0 Å². The van der Waals surface area contributed by atoms with Crippen LogP contribution in [0, 0.1) is 5.92 Å². The van der Waals surface area contributed by atoms with E-state index in [1.807, 2.05) is 0 Å². The minimum absolute atomic E-state index is 0.167. The molecule has 0 saturated carbocycles. The molecule has 18 heavy (non-hydrogen) atoms. The normalized spacial score (nSPS) is 21.8. The van der Waals surface area contributed by atoms with Gasteiger partial charge < -0.3 is 10.6 Å². The van der Waals surface area contributed by atoms with Crippen LogP contribution in [0.5, 0.6) is 0 Å². The molecule has 8 heteroatoms. The average Bonchev–Trinajstić information content (AvgIpc) is 2.67. The molecule has 0 spiro atoms. The molecule has 0 aromatic heterocycles. The van der Waals surface area contributed by atoms with Crippen LogP contribution in [0.15, 0.2) is 0 Å². The van der Waals surface area contributed by atoms with E-state index in [1.54, 1.807) is 0 Å². The van der Waals surface area contributed by atoms with Crippen LogP contribution in [0.1, 0.15) is 12.8 Å². The summed E-state index contributed by atoms with van der Waals surface area (Å²) in [7, 11) is 1.46. The van der Waals surface area contributed by atoms with E-state index >= 15 is 0 Å². The first-order chi connectivity index (χ1) is 8.33. The highest BCUT2D eigenvalue weighted by atomic mass is 19.4. The number of amides is 1. The van der Waals surface area contributed by atoms with Gasteiger partial charge in [0.1, 0.15) is 6.61 Å². The number of Topliss-reactive ketones (excluding diaryl/α,β-unsaturated/α-hetero) is 1. The Balaban J connectivity index is 2.44. The van der Waals surface area contributed by atoms with Crippen molar-refractivity contribution in [2.45, 2.75) is 25.2 Å². The van der Waals surface area contributed by atoms with Gasteiger partial charge in [0.25, 0.3) is 0 Å². The monoisotopic (exact) mass is 268 g/mol. The van der Waals surface area contributed by atoms with Gasteiger partial charge in [0, 0.05) is 12.5 Å². The van der Waals surface area contributed by atoms with Crippen molar-refractivity contribution in [1.82, 2.24) is 10.6 Å². The van der Waals surface area contributed by atoms with Crippen LogP contribution < -0.4 is 10.6 Å². The second-order valence-corrected chi connectivity index (χ2v) is 4.05. The number of rotatable bonds is 6. The maximum atomic E-state index is 11.8. The predicted octanol–water partition coefficient (Wildman–Crippen LogP) is 0.206. The van der Waals surface area contributed by atoms with Crippen LogP contribution in [0.25, 0.3) is 0 Å². The van der Waals surface area contributed by atoms with Crippen LogP contribution in [0.3, 0.4) is 0 Å². The van der Waals surface area contributed by atoms with Gasteiger partial charge in [-0.1, -0.05) is 0 Å². The number of hydrogen-bond donors (Lipinski definition) is 2. The Hall–Kier alpha value is -1.15. The first-order valence-corrected chi connectivity index (χ1v) is 5.52. The number of carbonyl (C=O) groups is 2. The number of likely N-dealkylation sites (N-methyl/N-ethyl adjacent to an activating group) is 1. The van der Waals surface area contributed by atoms with Crippen molar-refractivity contribution >= 4 is 11.7 Å². The zero-order chi connectivity index (χ0) is 13.8. The van der Waals surface area contributed by atoms with Crippen molar-refractivity contribution in [2.24, 2.45) is 5.92 Å². The first-order valence-electron chi connectivity index (χ1n) is 5.52. The lowest BCUT2D eigenvalue weighted by Crippen LogP contribution is -2.40. The molecule has 0 bridgehead atoms. The number of ketones is 1. The fraction of sp³-hybridized carbons (Fsp3) is 0.800. The van der Waals surface area contributed by atoms with Gasteiger partial charge in [-0.05, 0) is 19.9 Å². The summed E-state index contributed by atoms with van der Waals surface area (Å²) in [5.74, 6) is -1.22. The quantitative estimate of drug-likeness (QED) is 0.722. The number of alkyl halides is 3. The Morgan fingerprint density at radius 1 is 1.61 bits per heavy atom. The molecule has 1 fully saturated rings. The van der Waals surface area contributed by atoms with E-state index in [0.29, 0.717) is 13.0 Å². The maximum absolute atomic E-state index is 11.8. The smallest absolute Gasteiger partial charge is 0.356 e. The summed E-state index contributed by atoms with van der Waals surface area (Å²) in [6, 6.07) is -0.804. The zero-order valence-electron chi connectivity index (χ0n) is 9.84. The van der Waals surface area contributed by atoms with Gasteiger partial charge >= 0.3 is 6.36 Å². The third-order valence-electron chi connectivity index (χ3n) is 2.80. The van der Waals surface area contributed by atoms with E-state index in [0.717, 1.165) is 0 Å². The summed E-state index contributed by atoms with van der Waals surface area (Å²) >= 11 is 0. The maximum Gasteiger partial charge on any atom is 0.522 e. The van der Waals surface area contributed by atoms with Gasteiger partial charge in [0.2, 0.25) is 5.91 Å². The van der Waals surface area contributed by atoms with E-state index in [9.17, 15) is 22.8 Å². The first kappa shape index (κ1) is 14.9. The molecule has 0 radical (unpaired) electrons. The van der Waals surface area contributed by atoms with Crippen LogP contribution in [0.4, 0.5) is 13.2 Å². The fourth-order valence-corrected chi connectivity index (χ4v) is 1.82. The standard InChI is InChI=1S/C10H15F3N2O3/c1-14-7(4-6-2-3-15-9(6)17)8(16)5-18-10(11,12)13/h6-7,14H,2-5H2,1H3,(H,15,17)/t6-,7-/m0/s1. The van der Waals surface area contributed by atoms with Crippen LogP contribution in [-0.2, 0) is 14.3 Å². The number of ether oxygens (including phenoxy) is 1. The molecule has 1 amide bonds. The lowest BCUT2D eigenvalue weighted by molar-refractivity contribution is -0.321. The van der Waals surface area contributed by atoms with Crippen molar-refractivity contribution in [3.8, 4) is 0 Å². The van der Waals surface area contributed by atoms with Crippen molar-refractivity contribution in [2.75, 3.05) is 20.2 Å². The number of carbonyl (C=O) groups excluding carboxylic acids is 2. The number of nitrogens with one attached hydrogen (secondary N) is 2. The second-order valence-electron chi connectivity index (χ2n) is 4.05. The summed E-state index contributed by atoms with van der Waals surface area (Å²) in [4.78, 5) is 22.8. The fourth-order valence-electron chi connectivity index (χ4n) is 1.82. The van der Waals surface area contributed by atoms with Crippen molar-refractivity contribution in [3.63, 3.8) is 0 Å². The topological polar surface area (TPSA) is 67.4 Å². The molecular weight excluding hydrogens is 253 g/mol. The molecule has 1 rings (SSSR count). The van der Waals surface area contributed by atoms with Crippen molar-refractivity contribution in [3.05, 3.63) is 0 Å². The Kier molecular flexibility index (Phi) is 5.09. The Labute approximate surface area is 102 Å². The molecule has 2 N–H and O–H groups in total. The molecule has 0 aromatic rings. The van der Waals surface area contributed by atoms with E-state index in [-0.39, 0.29) is 18.2 Å². The van der Waals surface area contributed by atoms with Gasteiger partial charge in [-0.3, -0.25) is 14.3 Å². The van der Waals surface area contributed by atoms with E-state index in [4.69, 9.17) is 0 Å². The van der Waals surface area contributed by atoms with Crippen LogP contribution >= 0.6 is 0 Å². The molecule has 5 nitrogen and oxygen atoms in total. The third-order valence-corrected chi connectivity index (χ3v) is 2.80. The molecule has 0 aliphatic carbocycles. The third kappa shape index (κ3) is 4.61. The second kappa shape index (κ2) is 6.14. The SMILES string of the molecule is CN[C@@H](C[C@@H]1CCNC1=O)C(=O)COC(F)(F)F. The van der Waals surface area contributed by atoms with Crippen molar-refractivity contribution in [1.29, 1.82) is 0 Å². The molecule has 1 saturated heterocycles. The van der Waals surface area contributed by atoms with Crippen LogP contribution in [0.2, 0.25) is 0 Å². The lowest BCUT2D eigenvalue weighted by atomic mass is 9.96. The summed E-state index contributed by atoms with van der Waals surface area (Å²) in [5, 5.41) is 5.21. The van der Waals surface area contributed by atoms with E-state index < -0.39 is 24.8 Å². The Morgan fingerprint density at radius 2 is 2.28 bits per heavy atom. The molecule has 1 heterocycles. The minimum atomic E-state index is -4.82. The van der Waals surface area contributed by atoms with E-state index in [2.05, 4.69) is 15.4 Å². The minimum Gasteiger partial charge on any atom is -0.356 e. The van der Waals surface area contributed by atoms with Gasteiger partial charge in [-0.15, -0.1) is 13.2 Å². The molecular formula is C10H15F3N2O3. The number of halogens is 3. The molecule has 1 aliphatic rings. The molecule has 2 atom stereocenters. The molecule has 0 aromatic carbocycles. The number of hydrogen-bond acceptors (Lipinski definition) is 4. The Bertz CT molecular complexity index is 320. The molecule has 1 aliphatic heterocycles. The lowest BCUT2D eigenvalue weighted by Gasteiger charge is -2.18. The summed E-state index contributed by atoms with van der Waals surface area (Å²) in [6.07, 6.45) is -4.05. The van der Waals surface area contributed by atoms with Crippen LogP contribution in [-0.4, -0.2) is 44.3 Å². The largest absolute Gasteiger partial charge is 0.522 e. The van der Waals surface area contributed by atoms with Crippen molar-refractivity contribution < 1.29 is 27.5 Å². The molecule has 104 valence electrons. The average molecular weight is 268 g/mol. The van der Waals surface area contributed by atoms with Gasteiger partial charge in [0.15, 0.2) is 5.78 Å². The summed E-state index contributed by atoms with van der Waals surface area (Å²) in [5.41, 5.74) is 0. The summed E-state index contributed by atoms with van der Waals surface area (Å²) < 4.78 is 38.8. The van der Waals surface area contributed by atoms with Gasteiger partial charge in [0.05, 0.1) is 6.04 Å². The summed E-state index contributed by atoms with van der Waals surface area (Å²) in [6.45, 7) is -0.503. The van der Waals surface area contributed by atoms with E-state index in [1.165, 1.54) is 7.05 Å². The van der Waals surface area contributed by atoms with Gasteiger partial charge in [-0.2, -0.15) is 0 Å². The highest BCUT2D eigenvalue weighted by Crippen LogP contribution is 2.19.